The highest BCUT2D eigenvalue weighted by molar-refractivity contribution is 7.89. The van der Waals surface area contributed by atoms with Crippen molar-refractivity contribution in [2.45, 2.75) is 25.2 Å². The van der Waals surface area contributed by atoms with Crippen molar-refractivity contribution in [2.24, 2.45) is 11.8 Å². The predicted octanol–water partition coefficient (Wildman–Crippen LogP) is 3.66. The quantitative estimate of drug-likeness (QED) is 0.697. The number of benzene rings is 2. The van der Waals surface area contributed by atoms with E-state index in [0.717, 1.165) is 17.9 Å². The molecule has 3 rings (SSSR count). The van der Waals surface area contributed by atoms with Gasteiger partial charge in [-0.15, -0.1) is 0 Å². The van der Waals surface area contributed by atoms with Crippen LogP contribution in [0.1, 0.15) is 30.6 Å². The van der Waals surface area contributed by atoms with Gasteiger partial charge in [-0.1, -0.05) is 26.0 Å². The zero-order chi connectivity index (χ0) is 21.0. The molecule has 1 N–H and O–H groups in total. The third kappa shape index (κ3) is 5.16. The summed E-state index contributed by atoms with van der Waals surface area (Å²) in [6.07, 6.45) is 1.03. The van der Waals surface area contributed by atoms with E-state index in [2.05, 4.69) is 19.2 Å². The molecule has 2 aromatic carbocycles. The number of methoxy groups -OCH3 is 1. The minimum absolute atomic E-state index is 0.0770. The zero-order valence-corrected chi connectivity index (χ0v) is 17.9. The summed E-state index contributed by atoms with van der Waals surface area (Å²) in [6.45, 7) is 5.26. The lowest BCUT2D eigenvalue weighted by molar-refractivity contribution is 0.101. The van der Waals surface area contributed by atoms with Crippen molar-refractivity contribution in [1.82, 2.24) is 4.31 Å². The van der Waals surface area contributed by atoms with E-state index in [-0.39, 0.29) is 17.2 Å². The van der Waals surface area contributed by atoms with Crippen molar-refractivity contribution in [1.29, 1.82) is 0 Å². The number of ketones is 1. The standard InChI is InChI=1S/C22H28N2O4S/c1-16-11-17(2)15-24(14-16)29(26,27)21-6-4-5-18(12-21)22(25)13-23-19-7-9-20(28-3)10-8-19/h4-10,12,16-17,23H,11,13-15H2,1-3H3. The van der Waals surface area contributed by atoms with E-state index in [1.165, 1.54) is 6.07 Å². The van der Waals surface area contributed by atoms with Crippen LogP contribution in [-0.4, -0.2) is 45.3 Å². The first-order chi connectivity index (χ1) is 13.8. The van der Waals surface area contributed by atoms with Gasteiger partial charge in [0.05, 0.1) is 18.6 Å². The Bertz CT molecular complexity index is 947. The van der Waals surface area contributed by atoms with Crippen LogP contribution in [0.4, 0.5) is 5.69 Å². The molecule has 0 aliphatic carbocycles. The second-order valence-electron chi connectivity index (χ2n) is 7.80. The third-order valence-electron chi connectivity index (χ3n) is 5.17. The van der Waals surface area contributed by atoms with Crippen LogP contribution < -0.4 is 10.1 Å². The molecule has 1 fully saturated rings. The molecular weight excluding hydrogens is 388 g/mol. The molecule has 7 heteroatoms. The summed E-state index contributed by atoms with van der Waals surface area (Å²) in [4.78, 5) is 12.8. The maximum absolute atomic E-state index is 13.1. The van der Waals surface area contributed by atoms with Crippen molar-refractivity contribution in [2.75, 3.05) is 32.1 Å². The minimum atomic E-state index is -3.61. The molecular formula is C22H28N2O4S. The molecule has 0 saturated carbocycles. The Balaban J connectivity index is 1.71. The van der Waals surface area contributed by atoms with Crippen LogP contribution in [0.3, 0.4) is 0 Å². The summed E-state index contributed by atoms with van der Waals surface area (Å²) < 4.78 is 32.8. The highest BCUT2D eigenvalue weighted by Gasteiger charge is 2.31. The summed E-state index contributed by atoms with van der Waals surface area (Å²) >= 11 is 0. The van der Waals surface area contributed by atoms with Gasteiger partial charge < -0.3 is 10.1 Å². The van der Waals surface area contributed by atoms with E-state index in [4.69, 9.17) is 4.74 Å². The first-order valence-corrected chi connectivity index (χ1v) is 11.2. The number of anilines is 1. The molecule has 1 aliphatic heterocycles. The van der Waals surface area contributed by atoms with Gasteiger partial charge in [0, 0.05) is 24.3 Å². The van der Waals surface area contributed by atoms with Crippen LogP contribution in [0.2, 0.25) is 0 Å². The van der Waals surface area contributed by atoms with Gasteiger partial charge in [-0.2, -0.15) is 4.31 Å². The summed E-state index contributed by atoms with van der Waals surface area (Å²) in [5, 5.41) is 3.06. The van der Waals surface area contributed by atoms with Gasteiger partial charge in [-0.05, 0) is 54.7 Å². The van der Waals surface area contributed by atoms with Crippen LogP contribution >= 0.6 is 0 Å². The molecule has 0 aromatic heterocycles. The number of piperidine rings is 1. The van der Waals surface area contributed by atoms with Crippen LogP contribution in [0, 0.1) is 11.8 Å². The molecule has 0 bridgehead atoms. The monoisotopic (exact) mass is 416 g/mol. The fourth-order valence-electron chi connectivity index (χ4n) is 3.77. The van der Waals surface area contributed by atoms with Gasteiger partial charge >= 0.3 is 0 Å². The minimum Gasteiger partial charge on any atom is -0.497 e. The molecule has 0 radical (unpaired) electrons. The lowest BCUT2D eigenvalue weighted by atomic mass is 9.94. The van der Waals surface area contributed by atoms with E-state index < -0.39 is 10.0 Å². The highest BCUT2D eigenvalue weighted by atomic mass is 32.2. The molecule has 0 spiro atoms. The Kier molecular flexibility index (Phi) is 6.59. The first kappa shape index (κ1) is 21.3. The van der Waals surface area contributed by atoms with Gasteiger partial charge in [0.1, 0.15) is 5.75 Å². The summed E-state index contributed by atoms with van der Waals surface area (Å²) in [6, 6.07) is 13.6. The average Bonchev–Trinajstić information content (AvgIpc) is 2.71. The Hall–Kier alpha value is -2.38. The number of ether oxygens (including phenoxy) is 1. The maximum atomic E-state index is 13.1. The molecule has 156 valence electrons. The molecule has 1 saturated heterocycles. The zero-order valence-electron chi connectivity index (χ0n) is 17.1. The Labute approximate surface area is 172 Å². The van der Waals surface area contributed by atoms with Gasteiger partial charge in [0.25, 0.3) is 0 Å². The average molecular weight is 417 g/mol. The van der Waals surface area contributed by atoms with E-state index in [1.54, 1.807) is 41.7 Å². The van der Waals surface area contributed by atoms with Gasteiger partial charge in [-0.3, -0.25) is 4.79 Å². The van der Waals surface area contributed by atoms with Gasteiger partial charge in [0.2, 0.25) is 10.0 Å². The van der Waals surface area contributed by atoms with Gasteiger partial charge in [0.15, 0.2) is 5.78 Å². The normalized spacial score (nSPS) is 20.2. The van der Waals surface area contributed by atoms with E-state index in [0.29, 0.717) is 30.5 Å². The summed E-state index contributed by atoms with van der Waals surface area (Å²) in [5.41, 5.74) is 1.17. The largest absolute Gasteiger partial charge is 0.497 e. The number of nitrogens with zero attached hydrogens (tertiary/aromatic N) is 1. The van der Waals surface area contributed by atoms with E-state index >= 15 is 0 Å². The fraction of sp³-hybridized carbons (Fsp3) is 0.409. The Morgan fingerprint density at radius 1 is 1.10 bits per heavy atom. The second kappa shape index (κ2) is 8.97. The molecule has 6 nitrogen and oxygen atoms in total. The Morgan fingerprint density at radius 2 is 1.76 bits per heavy atom. The van der Waals surface area contributed by atoms with Crippen molar-refractivity contribution < 1.29 is 17.9 Å². The molecule has 29 heavy (non-hydrogen) atoms. The number of sulfonamides is 1. The first-order valence-electron chi connectivity index (χ1n) is 9.81. The lowest BCUT2D eigenvalue weighted by Crippen LogP contribution is -2.42. The van der Waals surface area contributed by atoms with Gasteiger partial charge in [-0.25, -0.2) is 8.42 Å². The van der Waals surface area contributed by atoms with Crippen LogP contribution in [0.5, 0.6) is 5.75 Å². The fourth-order valence-corrected chi connectivity index (χ4v) is 5.50. The van der Waals surface area contributed by atoms with E-state index in [1.807, 2.05) is 12.1 Å². The highest BCUT2D eigenvalue weighted by Crippen LogP contribution is 2.27. The van der Waals surface area contributed by atoms with Crippen LogP contribution in [-0.2, 0) is 10.0 Å². The van der Waals surface area contributed by atoms with Crippen LogP contribution in [0.25, 0.3) is 0 Å². The number of carbonyl (C=O) groups is 1. The number of carbonyl (C=O) groups excluding carboxylic acids is 1. The summed E-state index contributed by atoms with van der Waals surface area (Å²) in [5.74, 6) is 1.22. The number of Topliss-reactive ketones (excluding diaryl/α,β-unsaturated/α-hetero) is 1. The molecule has 2 unspecified atom stereocenters. The predicted molar refractivity (Wildman–Crippen MR) is 114 cm³/mol. The molecule has 1 aliphatic rings. The number of nitrogens with one attached hydrogen (secondary N) is 1. The summed E-state index contributed by atoms with van der Waals surface area (Å²) in [7, 11) is -2.02. The molecule has 2 atom stereocenters. The SMILES string of the molecule is COc1ccc(NCC(=O)c2cccc(S(=O)(=O)N3CC(C)CC(C)C3)c2)cc1. The lowest BCUT2D eigenvalue weighted by Gasteiger charge is -2.34. The van der Waals surface area contributed by atoms with E-state index in [9.17, 15) is 13.2 Å². The third-order valence-corrected chi connectivity index (χ3v) is 7.00. The van der Waals surface area contributed by atoms with Crippen molar-refractivity contribution >= 4 is 21.5 Å². The second-order valence-corrected chi connectivity index (χ2v) is 9.74. The molecule has 1 heterocycles. The van der Waals surface area contributed by atoms with Crippen molar-refractivity contribution in [3.63, 3.8) is 0 Å². The smallest absolute Gasteiger partial charge is 0.243 e. The van der Waals surface area contributed by atoms with Crippen molar-refractivity contribution in [3.8, 4) is 5.75 Å². The van der Waals surface area contributed by atoms with Crippen LogP contribution in [0.15, 0.2) is 53.4 Å². The molecule has 2 aromatic rings. The number of hydrogen-bond acceptors (Lipinski definition) is 5. The maximum Gasteiger partial charge on any atom is 0.243 e. The topological polar surface area (TPSA) is 75.7 Å². The van der Waals surface area contributed by atoms with Crippen molar-refractivity contribution in [3.05, 3.63) is 54.1 Å². The number of rotatable bonds is 7. The Morgan fingerprint density at radius 3 is 2.38 bits per heavy atom. The molecule has 0 amide bonds. The number of hydrogen-bond donors (Lipinski definition) is 1.